The summed E-state index contributed by atoms with van der Waals surface area (Å²) < 4.78 is 35.5. The number of alkyl halides is 3. The third kappa shape index (κ3) is 8.69. The van der Waals surface area contributed by atoms with Crippen LogP contribution in [-0.4, -0.2) is 30.0 Å². The Kier molecular flexibility index (Phi) is 6.92. The monoisotopic (exact) mass is 227 g/mol. The molecule has 0 aliphatic heterocycles. The van der Waals surface area contributed by atoms with Gasteiger partial charge in [0.1, 0.15) is 0 Å². The highest BCUT2D eigenvalue weighted by molar-refractivity contribution is 4.69. The van der Waals surface area contributed by atoms with E-state index in [9.17, 15) is 13.2 Å². The lowest BCUT2D eigenvalue weighted by Crippen LogP contribution is -2.38. The van der Waals surface area contributed by atoms with Crippen LogP contribution < -0.4 is 5.32 Å². The molecule has 0 spiro atoms. The maximum atomic E-state index is 11.8. The van der Waals surface area contributed by atoms with E-state index in [4.69, 9.17) is 5.11 Å². The smallest absolute Gasteiger partial charge is 0.389 e. The Labute approximate surface area is 88.9 Å². The van der Waals surface area contributed by atoms with Crippen LogP contribution in [0.2, 0.25) is 0 Å². The standard InChI is InChI=1S/C10H20F3NO/c1-3-9(7-15)14-8(2)5-4-6-10(11,12)13/h8-9,14-15H,3-7H2,1-2H3/t8?,9-/m0/s1. The van der Waals surface area contributed by atoms with Gasteiger partial charge in [-0.2, -0.15) is 13.2 Å². The fraction of sp³-hybridized carbons (Fsp3) is 1.00. The van der Waals surface area contributed by atoms with Crippen molar-refractivity contribution < 1.29 is 18.3 Å². The number of hydrogen-bond acceptors (Lipinski definition) is 2. The Morgan fingerprint density at radius 1 is 1.33 bits per heavy atom. The minimum atomic E-state index is -4.05. The van der Waals surface area contributed by atoms with Crippen LogP contribution in [0.5, 0.6) is 0 Å². The second-order valence-electron chi connectivity index (χ2n) is 3.86. The number of rotatable bonds is 7. The van der Waals surface area contributed by atoms with Gasteiger partial charge >= 0.3 is 6.18 Å². The molecule has 0 aliphatic rings. The van der Waals surface area contributed by atoms with Crippen molar-refractivity contribution in [3.8, 4) is 0 Å². The SMILES string of the molecule is CC[C@@H](CO)NC(C)CCCC(F)(F)F. The predicted octanol–water partition coefficient (Wildman–Crippen LogP) is 2.47. The van der Waals surface area contributed by atoms with Crippen LogP contribution in [0.15, 0.2) is 0 Å². The van der Waals surface area contributed by atoms with Gasteiger partial charge in [0.2, 0.25) is 0 Å². The second kappa shape index (κ2) is 7.06. The number of aliphatic hydroxyl groups excluding tert-OH is 1. The van der Waals surface area contributed by atoms with Gasteiger partial charge < -0.3 is 10.4 Å². The van der Waals surface area contributed by atoms with Crippen LogP contribution in [0.3, 0.4) is 0 Å². The molecule has 0 fully saturated rings. The van der Waals surface area contributed by atoms with E-state index in [1.807, 2.05) is 13.8 Å². The van der Waals surface area contributed by atoms with Crippen LogP contribution in [0.1, 0.15) is 39.5 Å². The van der Waals surface area contributed by atoms with Crippen molar-refractivity contribution in [1.29, 1.82) is 0 Å². The summed E-state index contributed by atoms with van der Waals surface area (Å²) in [4.78, 5) is 0. The van der Waals surface area contributed by atoms with E-state index in [2.05, 4.69) is 5.32 Å². The van der Waals surface area contributed by atoms with Crippen LogP contribution in [0.25, 0.3) is 0 Å². The molecule has 0 aliphatic carbocycles. The summed E-state index contributed by atoms with van der Waals surface area (Å²) >= 11 is 0. The third-order valence-corrected chi connectivity index (χ3v) is 2.33. The lowest BCUT2D eigenvalue weighted by molar-refractivity contribution is -0.135. The van der Waals surface area contributed by atoms with Crippen molar-refractivity contribution in [2.24, 2.45) is 0 Å². The summed E-state index contributed by atoms with van der Waals surface area (Å²) in [7, 11) is 0. The minimum Gasteiger partial charge on any atom is -0.395 e. The second-order valence-corrected chi connectivity index (χ2v) is 3.86. The van der Waals surface area contributed by atoms with E-state index in [1.54, 1.807) is 0 Å². The first-order valence-electron chi connectivity index (χ1n) is 5.32. The number of halogens is 3. The minimum absolute atomic E-state index is 0.00844. The van der Waals surface area contributed by atoms with Gasteiger partial charge in [0.05, 0.1) is 6.61 Å². The van der Waals surface area contributed by atoms with Crippen molar-refractivity contribution in [3.05, 3.63) is 0 Å². The Morgan fingerprint density at radius 2 is 1.93 bits per heavy atom. The fourth-order valence-corrected chi connectivity index (χ4v) is 1.39. The first-order chi connectivity index (χ1) is 6.89. The molecule has 0 aromatic carbocycles. The van der Waals surface area contributed by atoms with Crippen molar-refractivity contribution in [2.45, 2.75) is 57.8 Å². The zero-order valence-electron chi connectivity index (χ0n) is 9.27. The molecule has 2 nitrogen and oxygen atoms in total. The Bertz CT molecular complexity index is 157. The topological polar surface area (TPSA) is 32.3 Å². The number of nitrogens with one attached hydrogen (secondary N) is 1. The molecule has 0 bridgehead atoms. The first kappa shape index (κ1) is 14.7. The summed E-state index contributed by atoms with van der Waals surface area (Å²) in [5.41, 5.74) is 0. The van der Waals surface area contributed by atoms with Gasteiger partial charge in [0.15, 0.2) is 0 Å². The molecule has 0 radical (unpaired) electrons. The molecular weight excluding hydrogens is 207 g/mol. The molecule has 0 amide bonds. The Balaban J connectivity index is 3.61. The molecule has 5 heteroatoms. The van der Waals surface area contributed by atoms with Gasteiger partial charge in [-0.3, -0.25) is 0 Å². The lowest BCUT2D eigenvalue weighted by atomic mass is 10.1. The molecule has 0 aromatic heterocycles. The fourth-order valence-electron chi connectivity index (χ4n) is 1.39. The zero-order chi connectivity index (χ0) is 11.9. The van der Waals surface area contributed by atoms with Gasteiger partial charge in [0, 0.05) is 18.5 Å². The van der Waals surface area contributed by atoms with Crippen molar-refractivity contribution in [2.75, 3.05) is 6.61 Å². The average molecular weight is 227 g/mol. The maximum Gasteiger partial charge on any atom is 0.389 e. The van der Waals surface area contributed by atoms with E-state index >= 15 is 0 Å². The van der Waals surface area contributed by atoms with Crippen LogP contribution >= 0.6 is 0 Å². The molecule has 2 N–H and O–H groups in total. The van der Waals surface area contributed by atoms with Gasteiger partial charge in [-0.25, -0.2) is 0 Å². The zero-order valence-corrected chi connectivity index (χ0v) is 9.27. The summed E-state index contributed by atoms with van der Waals surface area (Å²) in [5.74, 6) is 0. The largest absolute Gasteiger partial charge is 0.395 e. The van der Waals surface area contributed by atoms with E-state index in [1.165, 1.54) is 0 Å². The first-order valence-corrected chi connectivity index (χ1v) is 5.32. The highest BCUT2D eigenvalue weighted by atomic mass is 19.4. The molecule has 0 saturated heterocycles. The van der Waals surface area contributed by atoms with Gasteiger partial charge in [-0.05, 0) is 26.2 Å². The molecule has 1 unspecified atom stereocenters. The highest BCUT2D eigenvalue weighted by Gasteiger charge is 2.26. The van der Waals surface area contributed by atoms with Crippen LogP contribution in [-0.2, 0) is 0 Å². The van der Waals surface area contributed by atoms with Crippen molar-refractivity contribution >= 4 is 0 Å². The lowest BCUT2D eigenvalue weighted by Gasteiger charge is -2.20. The molecule has 0 heterocycles. The van der Waals surface area contributed by atoms with Crippen molar-refractivity contribution in [3.63, 3.8) is 0 Å². The van der Waals surface area contributed by atoms with E-state index in [0.717, 1.165) is 6.42 Å². The summed E-state index contributed by atoms with van der Waals surface area (Å²) in [6.07, 6.45) is -3.38. The molecule has 92 valence electrons. The molecule has 15 heavy (non-hydrogen) atoms. The third-order valence-electron chi connectivity index (χ3n) is 2.33. The quantitative estimate of drug-likeness (QED) is 0.700. The Hall–Kier alpha value is -0.290. The number of hydrogen-bond donors (Lipinski definition) is 2. The normalized spacial score (nSPS) is 16.4. The predicted molar refractivity (Wildman–Crippen MR) is 53.7 cm³/mol. The van der Waals surface area contributed by atoms with Gasteiger partial charge in [0.25, 0.3) is 0 Å². The molecule has 0 saturated carbocycles. The van der Waals surface area contributed by atoms with Crippen LogP contribution in [0, 0.1) is 0 Å². The van der Waals surface area contributed by atoms with Crippen LogP contribution in [0.4, 0.5) is 13.2 Å². The van der Waals surface area contributed by atoms with Crippen molar-refractivity contribution in [1.82, 2.24) is 5.32 Å². The van der Waals surface area contributed by atoms with Gasteiger partial charge in [-0.15, -0.1) is 0 Å². The van der Waals surface area contributed by atoms with Gasteiger partial charge in [-0.1, -0.05) is 6.92 Å². The van der Waals surface area contributed by atoms with E-state index in [-0.39, 0.29) is 25.1 Å². The highest BCUT2D eigenvalue weighted by Crippen LogP contribution is 2.22. The summed E-state index contributed by atoms with van der Waals surface area (Å²) in [6, 6.07) is 0.00957. The molecule has 0 rings (SSSR count). The number of aliphatic hydroxyl groups is 1. The summed E-state index contributed by atoms with van der Waals surface area (Å²) in [5, 5.41) is 12.0. The maximum absolute atomic E-state index is 11.8. The Morgan fingerprint density at radius 3 is 2.33 bits per heavy atom. The molecule has 0 aromatic rings. The average Bonchev–Trinajstić information content (AvgIpc) is 2.12. The van der Waals surface area contributed by atoms with E-state index in [0.29, 0.717) is 6.42 Å². The molecule has 2 atom stereocenters. The van der Waals surface area contributed by atoms with E-state index < -0.39 is 12.6 Å². The molecular formula is C10H20F3NO. The summed E-state index contributed by atoms with van der Waals surface area (Å²) in [6.45, 7) is 3.80.